The van der Waals surface area contributed by atoms with E-state index in [1.807, 2.05) is 13.8 Å². The van der Waals surface area contributed by atoms with Gasteiger partial charge in [0.25, 0.3) is 0 Å². The zero-order valence-corrected chi connectivity index (χ0v) is 15.2. The van der Waals surface area contributed by atoms with E-state index in [1.165, 1.54) is 7.11 Å². The van der Waals surface area contributed by atoms with E-state index in [4.69, 9.17) is 4.74 Å². The summed E-state index contributed by atoms with van der Waals surface area (Å²) < 4.78 is 33.2. The van der Waals surface area contributed by atoms with Crippen LogP contribution in [0.2, 0.25) is 0 Å². The van der Waals surface area contributed by atoms with Crippen molar-refractivity contribution in [2.75, 3.05) is 13.7 Å². The maximum Gasteiger partial charge on any atom is 0.122 e. The Labute approximate surface area is 149 Å². The molecular formula is C16H16F2NOY-. The van der Waals surface area contributed by atoms with Crippen LogP contribution in [-0.2, 0) is 32.7 Å². The van der Waals surface area contributed by atoms with Crippen molar-refractivity contribution in [3.8, 4) is 5.75 Å². The quantitative estimate of drug-likeness (QED) is 0.754. The van der Waals surface area contributed by atoms with Crippen molar-refractivity contribution in [1.82, 2.24) is 4.90 Å². The summed E-state index contributed by atoms with van der Waals surface area (Å²) in [5, 5.41) is 0. The molecule has 1 radical (unpaired) electrons. The molecule has 21 heavy (non-hydrogen) atoms. The third-order valence-electron chi connectivity index (χ3n) is 3.28. The van der Waals surface area contributed by atoms with Crippen molar-refractivity contribution in [3.05, 3.63) is 59.3 Å². The molecule has 0 spiro atoms. The number of halogens is 2. The van der Waals surface area contributed by atoms with Gasteiger partial charge in [0.1, 0.15) is 5.75 Å². The molecule has 1 aromatic carbocycles. The molecular weight excluding hydrogens is 349 g/mol. The van der Waals surface area contributed by atoms with E-state index < -0.39 is 11.6 Å². The fourth-order valence-corrected chi connectivity index (χ4v) is 2.14. The molecule has 2 rings (SSSR count). The molecule has 0 unspecified atom stereocenters. The van der Waals surface area contributed by atoms with Gasteiger partial charge in [-0.05, 0) is 18.2 Å². The monoisotopic (exact) mass is 365 g/mol. The Morgan fingerprint density at radius 3 is 2.33 bits per heavy atom. The molecule has 2 nitrogen and oxygen atoms in total. The summed E-state index contributed by atoms with van der Waals surface area (Å²) in [7, 11) is 1.37. The topological polar surface area (TPSA) is 12.5 Å². The average Bonchev–Trinajstić information content (AvgIpc) is 2.42. The number of rotatable bonds is 3. The van der Waals surface area contributed by atoms with Crippen LogP contribution in [0.15, 0.2) is 36.1 Å². The molecule has 1 heterocycles. The molecule has 109 valence electrons. The predicted octanol–water partition coefficient (Wildman–Crippen LogP) is 3.91. The summed E-state index contributed by atoms with van der Waals surface area (Å²) >= 11 is 0. The Balaban J connectivity index is 0.00000220. The third kappa shape index (κ3) is 3.43. The molecule has 5 heteroatoms. The van der Waals surface area contributed by atoms with Gasteiger partial charge in [0.2, 0.25) is 0 Å². The Hall–Kier alpha value is -0.996. The van der Waals surface area contributed by atoms with E-state index in [9.17, 15) is 8.78 Å². The molecule has 0 atom stereocenters. The van der Waals surface area contributed by atoms with E-state index in [2.05, 4.69) is 12.7 Å². The summed E-state index contributed by atoms with van der Waals surface area (Å²) in [6.45, 7) is 8.27. The fraction of sp³-hybridized carbons (Fsp3) is 0.250. The molecule has 1 aliphatic heterocycles. The average molecular weight is 365 g/mol. The number of likely N-dealkylation sites (N-methyl/N-ethyl adjacent to an activating group) is 1. The third-order valence-corrected chi connectivity index (χ3v) is 3.28. The van der Waals surface area contributed by atoms with Gasteiger partial charge in [0, 0.05) is 51.4 Å². The number of hydrogen-bond donors (Lipinski definition) is 0. The van der Waals surface area contributed by atoms with Crippen LogP contribution >= 0.6 is 0 Å². The van der Waals surface area contributed by atoms with Gasteiger partial charge in [-0.25, -0.2) is 8.78 Å². The van der Waals surface area contributed by atoms with Crippen LogP contribution < -0.4 is 4.74 Å². The van der Waals surface area contributed by atoms with Crippen LogP contribution in [-0.4, -0.2) is 18.6 Å². The van der Waals surface area contributed by atoms with Crippen molar-refractivity contribution >= 4 is 5.70 Å². The van der Waals surface area contributed by atoms with E-state index in [1.54, 1.807) is 11.0 Å². The normalized spacial score (nSPS) is 14.3. The van der Waals surface area contributed by atoms with E-state index in [0.29, 0.717) is 12.2 Å². The summed E-state index contributed by atoms with van der Waals surface area (Å²) in [5.74, 6) is -1.21. The minimum Gasteiger partial charge on any atom is -0.497 e. The van der Waals surface area contributed by atoms with Crippen LogP contribution in [0.1, 0.15) is 19.4 Å². The SMILES string of the molecule is C=C1C(C)=C[C-]=C(c2c(F)cc(OC)cc2F)N1CC.[Y]. The number of allylic oxidation sites excluding steroid dienone is 3. The Bertz CT molecular complexity index is 600. The first kappa shape index (κ1) is 18.1. The zero-order valence-electron chi connectivity index (χ0n) is 12.3. The minimum absolute atomic E-state index is 0. The van der Waals surface area contributed by atoms with Gasteiger partial charge in [-0.1, -0.05) is 19.2 Å². The predicted molar refractivity (Wildman–Crippen MR) is 74.8 cm³/mol. The van der Waals surface area contributed by atoms with Crippen molar-refractivity contribution in [2.24, 2.45) is 0 Å². The molecule has 0 aliphatic carbocycles. The van der Waals surface area contributed by atoms with E-state index >= 15 is 0 Å². The van der Waals surface area contributed by atoms with Gasteiger partial charge >= 0.3 is 0 Å². The second-order valence-corrected chi connectivity index (χ2v) is 4.48. The van der Waals surface area contributed by atoms with Gasteiger partial charge < -0.3 is 9.64 Å². The first-order valence-corrected chi connectivity index (χ1v) is 6.30. The Kier molecular flexibility index (Phi) is 6.30. The van der Waals surface area contributed by atoms with Crippen LogP contribution in [0.25, 0.3) is 5.70 Å². The van der Waals surface area contributed by atoms with Gasteiger partial charge in [-0.3, -0.25) is 0 Å². The van der Waals surface area contributed by atoms with E-state index in [0.717, 1.165) is 23.4 Å². The number of benzene rings is 1. The smallest absolute Gasteiger partial charge is 0.122 e. The second kappa shape index (κ2) is 7.32. The Morgan fingerprint density at radius 2 is 1.86 bits per heavy atom. The van der Waals surface area contributed by atoms with Crippen molar-refractivity contribution in [1.29, 1.82) is 0 Å². The van der Waals surface area contributed by atoms with Gasteiger partial charge in [-0.15, -0.1) is 5.57 Å². The van der Waals surface area contributed by atoms with Crippen LogP contribution in [0, 0.1) is 17.7 Å². The molecule has 1 aromatic rings. The van der Waals surface area contributed by atoms with Crippen molar-refractivity contribution < 1.29 is 46.2 Å². The number of methoxy groups -OCH3 is 1. The van der Waals surface area contributed by atoms with Gasteiger partial charge in [0.15, 0.2) is 0 Å². The summed E-state index contributed by atoms with van der Waals surface area (Å²) in [6.07, 6.45) is 4.62. The molecule has 0 aromatic heterocycles. The van der Waals surface area contributed by atoms with Crippen molar-refractivity contribution in [3.63, 3.8) is 0 Å². The first-order chi connectivity index (χ1) is 9.49. The molecule has 1 aliphatic rings. The molecule has 0 saturated heterocycles. The summed E-state index contributed by atoms with van der Waals surface area (Å²) in [5.41, 5.74) is 1.87. The summed E-state index contributed by atoms with van der Waals surface area (Å²) in [6, 6.07) is 2.32. The number of nitrogens with zero attached hydrogens (tertiary/aromatic N) is 1. The number of ether oxygens (including phenoxy) is 1. The van der Waals surface area contributed by atoms with E-state index in [-0.39, 0.29) is 44.0 Å². The molecule has 0 bridgehead atoms. The molecule has 0 fully saturated rings. The van der Waals surface area contributed by atoms with Crippen molar-refractivity contribution in [2.45, 2.75) is 13.8 Å². The molecule has 0 amide bonds. The second-order valence-electron chi connectivity index (χ2n) is 4.48. The largest absolute Gasteiger partial charge is 0.497 e. The molecule has 0 N–H and O–H groups in total. The standard InChI is InChI=1S/C16H16F2NO.Y/c1-5-19-11(3)10(2)6-7-15(19)16-13(17)8-12(20-4)9-14(16)18;/h6,8-9H,3,5H2,1-2,4H3;/q-1;. The maximum atomic E-state index is 14.2. The van der Waals surface area contributed by atoms with Crippen LogP contribution in [0.3, 0.4) is 0 Å². The fourth-order valence-electron chi connectivity index (χ4n) is 2.14. The van der Waals surface area contributed by atoms with Gasteiger partial charge in [-0.2, -0.15) is 12.2 Å². The maximum absolute atomic E-state index is 14.2. The van der Waals surface area contributed by atoms with Crippen LogP contribution in [0.4, 0.5) is 8.78 Å². The first-order valence-electron chi connectivity index (χ1n) is 6.30. The molecule has 0 saturated carbocycles. The summed E-state index contributed by atoms with van der Waals surface area (Å²) in [4.78, 5) is 1.74. The van der Waals surface area contributed by atoms with Gasteiger partial charge in [0.05, 0.1) is 18.7 Å². The van der Waals surface area contributed by atoms with Crippen LogP contribution in [0.5, 0.6) is 5.75 Å². The number of hydrogen-bond acceptors (Lipinski definition) is 2. The minimum atomic E-state index is -0.677. The zero-order chi connectivity index (χ0) is 14.9. The Morgan fingerprint density at radius 1 is 1.29 bits per heavy atom.